The Morgan fingerprint density at radius 1 is 1.00 bits per heavy atom. The number of aliphatic imine (C=N–C) groups is 1. The number of guanidine groups is 1. The van der Waals surface area contributed by atoms with Gasteiger partial charge in [0.2, 0.25) is 0 Å². The Morgan fingerprint density at radius 2 is 1.57 bits per heavy atom. The van der Waals surface area contributed by atoms with Crippen LogP contribution in [0.25, 0.3) is 0 Å². The zero-order chi connectivity index (χ0) is 15.2. The molecule has 2 amide bonds. The molecule has 0 aliphatic carbocycles. The van der Waals surface area contributed by atoms with E-state index in [0.717, 1.165) is 16.7 Å². The highest BCUT2D eigenvalue weighted by Gasteiger charge is 2.16. The van der Waals surface area contributed by atoms with Gasteiger partial charge in [0.25, 0.3) is 0 Å². The Morgan fingerprint density at radius 3 is 2.14 bits per heavy atom. The van der Waals surface area contributed by atoms with E-state index in [0.29, 0.717) is 0 Å². The molecule has 1 atom stereocenters. The van der Waals surface area contributed by atoms with Crippen molar-refractivity contribution in [2.75, 3.05) is 0 Å². The minimum absolute atomic E-state index is 0.261. The van der Waals surface area contributed by atoms with Crippen LogP contribution in [0.1, 0.15) is 22.7 Å². The first kappa shape index (κ1) is 14.6. The van der Waals surface area contributed by atoms with Crippen molar-refractivity contribution < 1.29 is 4.79 Å². The summed E-state index contributed by atoms with van der Waals surface area (Å²) in [6.07, 6.45) is 0. The van der Waals surface area contributed by atoms with Crippen molar-refractivity contribution in [1.82, 2.24) is 5.32 Å². The second-order valence-electron chi connectivity index (χ2n) is 4.74. The number of hydrogen-bond donors (Lipinski definition) is 3. The highest BCUT2D eigenvalue weighted by atomic mass is 16.2. The summed E-state index contributed by atoms with van der Waals surface area (Å²) in [6.45, 7) is 2.01. The standard InChI is InChI=1S/C16H18N4O/c1-11-7-9-13(10-8-11)14(12-5-3-2-4-6-12)19-16(21)20-15(17)18/h2-10,14H,1H3,(H5,17,18,19,20,21). The van der Waals surface area contributed by atoms with Crippen LogP contribution in [0.15, 0.2) is 59.6 Å². The maximum atomic E-state index is 11.8. The van der Waals surface area contributed by atoms with E-state index in [1.165, 1.54) is 0 Å². The molecule has 0 spiro atoms. The molecule has 5 nitrogen and oxygen atoms in total. The molecule has 0 aromatic heterocycles. The van der Waals surface area contributed by atoms with Gasteiger partial charge in [-0.3, -0.25) is 0 Å². The van der Waals surface area contributed by atoms with Gasteiger partial charge in [-0.15, -0.1) is 0 Å². The van der Waals surface area contributed by atoms with Crippen LogP contribution in [-0.2, 0) is 0 Å². The fourth-order valence-corrected chi connectivity index (χ4v) is 2.04. The van der Waals surface area contributed by atoms with Crippen LogP contribution in [0.2, 0.25) is 0 Å². The molecule has 2 aromatic carbocycles. The molecule has 1 unspecified atom stereocenters. The number of rotatable bonds is 3. The summed E-state index contributed by atoms with van der Waals surface area (Å²) in [7, 11) is 0. The summed E-state index contributed by atoms with van der Waals surface area (Å²) in [5.74, 6) is -0.261. The number of aryl methyl sites for hydroxylation is 1. The molecule has 0 saturated carbocycles. The summed E-state index contributed by atoms with van der Waals surface area (Å²) >= 11 is 0. The lowest BCUT2D eigenvalue weighted by Crippen LogP contribution is -2.31. The molecular formula is C16H18N4O. The molecule has 0 radical (unpaired) electrons. The van der Waals surface area contributed by atoms with Gasteiger partial charge in [0.15, 0.2) is 5.96 Å². The Hall–Kier alpha value is -2.82. The van der Waals surface area contributed by atoms with Crippen LogP contribution in [0, 0.1) is 6.92 Å². The summed E-state index contributed by atoms with van der Waals surface area (Å²) in [6, 6.07) is 16.7. The third kappa shape index (κ3) is 4.07. The maximum absolute atomic E-state index is 11.8. The van der Waals surface area contributed by atoms with Crippen molar-refractivity contribution in [3.63, 3.8) is 0 Å². The SMILES string of the molecule is Cc1ccc(C(NC(=O)N=C(N)N)c2ccccc2)cc1. The van der Waals surface area contributed by atoms with Crippen LogP contribution < -0.4 is 16.8 Å². The normalized spacial score (nSPS) is 11.5. The third-order valence-electron chi connectivity index (χ3n) is 3.04. The quantitative estimate of drug-likeness (QED) is 0.594. The van der Waals surface area contributed by atoms with Gasteiger partial charge >= 0.3 is 6.03 Å². The Balaban J connectivity index is 2.33. The zero-order valence-corrected chi connectivity index (χ0v) is 11.8. The van der Waals surface area contributed by atoms with E-state index in [9.17, 15) is 4.79 Å². The van der Waals surface area contributed by atoms with Gasteiger partial charge in [0.1, 0.15) is 0 Å². The molecule has 5 N–H and O–H groups in total. The summed E-state index contributed by atoms with van der Waals surface area (Å²) in [5, 5.41) is 2.81. The minimum atomic E-state index is -0.565. The number of hydrogen-bond acceptors (Lipinski definition) is 1. The van der Waals surface area contributed by atoms with Crippen molar-refractivity contribution in [3.8, 4) is 0 Å². The second-order valence-corrected chi connectivity index (χ2v) is 4.74. The fourth-order valence-electron chi connectivity index (χ4n) is 2.04. The number of nitrogens with two attached hydrogens (primary N) is 2. The predicted octanol–water partition coefficient (Wildman–Crippen LogP) is 2.07. The monoisotopic (exact) mass is 282 g/mol. The largest absolute Gasteiger partial charge is 0.370 e. The van der Waals surface area contributed by atoms with Crippen LogP contribution in [-0.4, -0.2) is 12.0 Å². The Bertz CT molecular complexity index is 631. The van der Waals surface area contributed by atoms with Gasteiger partial charge in [-0.25, -0.2) is 4.79 Å². The van der Waals surface area contributed by atoms with Gasteiger partial charge in [0.05, 0.1) is 6.04 Å². The van der Waals surface area contributed by atoms with E-state index >= 15 is 0 Å². The average molecular weight is 282 g/mol. The molecule has 0 saturated heterocycles. The number of carbonyl (C=O) groups is 1. The van der Waals surface area contributed by atoms with E-state index in [2.05, 4.69) is 10.3 Å². The topological polar surface area (TPSA) is 93.5 Å². The van der Waals surface area contributed by atoms with Crippen LogP contribution in [0.5, 0.6) is 0 Å². The highest BCUT2D eigenvalue weighted by molar-refractivity contribution is 5.90. The van der Waals surface area contributed by atoms with E-state index in [4.69, 9.17) is 11.5 Å². The average Bonchev–Trinajstić information content (AvgIpc) is 2.46. The number of benzene rings is 2. The fraction of sp³-hybridized carbons (Fsp3) is 0.125. The van der Waals surface area contributed by atoms with Crippen LogP contribution in [0.3, 0.4) is 0 Å². The minimum Gasteiger partial charge on any atom is -0.370 e. The summed E-state index contributed by atoms with van der Waals surface area (Å²) in [5.41, 5.74) is 13.5. The highest BCUT2D eigenvalue weighted by Crippen LogP contribution is 2.22. The molecular weight excluding hydrogens is 264 g/mol. The smallest absolute Gasteiger partial charge is 0.344 e. The third-order valence-corrected chi connectivity index (χ3v) is 3.04. The number of urea groups is 1. The molecule has 0 aliphatic rings. The lowest BCUT2D eigenvalue weighted by atomic mass is 9.98. The summed E-state index contributed by atoms with van der Waals surface area (Å²) < 4.78 is 0. The zero-order valence-electron chi connectivity index (χ0n) is 11.8. The lowest BCUT2D eigenvalue weighted by molar-refractivity contribution is 0.247. The number of nitrogens with zero attached hydrogens (tertiary/aromatic N) is 1. The van der Waals surface area contributed by atoms with Gasteiger partial charge < -0.3 is 16.8 Å². The molecule has 0 aliphatic heterocycles. The van der Waals surface area contributed by atoms with E-state index in [1.807, 2.05) is 61.5 Å². The molecule has 0 fully saturated rings. The van der Waals surface area contributed by atoms with Gasteiger partial charge in [-0.2, -0.15) is 4.99 Å². The van der Waals surface area contributed by atoms with E-state index in [1.54, 1.807) is 0 Å². The molecule has 5 heteroatoms. The van der Waals surface area contributed by atoms with Crippen molar-refractivity contribution >= 4 is 12.0 Å². The van der Waals surface area contributed by atoms with Crippen LogP contribution in [0.4, 0.5) is 4.79 Å². The maximum Gasteiger partial charge on any atom is 0.344 e. The molecule has 0 bridgehead atoms. The summed E-state index contributed by atoms with van der Waals surface area (Å²) in [4.78, 5) is 15.3. The lowest BCUT2D eigenvalue weighted by Gasteiger charge is -2.18. The van der Waals surface area contributed by atoms with Crippen molar-refractivity contribution in [2.24, 2.45) is 16.5 Å². The van der Waals surface area contributed by atoms with E-state index in [-0.39, 0.29) is 12.0 Å². The predicted molar refractivity (Wildman–Crippen MR) is 83.8 cm³/mol. The van der Waals surface area contributed by atoms with Gasteiger partial charge in [0, 0.05) is 0 Å². The molecule has 0 heterocycles. The van der Waals surface area contributed by atoms with Crippen molar-refractivity contribution in [1.29, 1.82) is 0 Å². The second kappa shape index (κ2) is 6.56. The van der Waals surface area contributed by atoms with Gasteiger partial charge in [-0.05, 0) is 18.1 Å². The van der Waals surface area contributed by atoms with Crippen LogP contribution >= 0.6 is 0 Å². The first-order valence-electron chi connectivity index (χ1n) is 6.58. The number of nitrogens with one attached hydrogen (secondary N) is 1. The van der Waals surface area contributed by atoms with Gasteiger partial charge in [-0.1, -0.05) is 60.2 Å². The number of amides is 2. The van der Waals surface area contributed by atoms with E-state index < -0.39 is 6.03 Å². The number of carbonyl (C=O) groups excluding carboxylic acids is 1. The molecule has 2 rings (SSSR count). The Kier molecular flexibility index (Phi) is 4.56. The first-order valence-corrected chi connectivity index (χ1v) is 6.58. The van der Waals surface area contributed by atoms with Crippen molar-refractivity contribution in [2.45, 2.75) is 13.0 Å². The van der Waals surface area contributed by atoms with Crippen molar-refractivity contribution in [3.05, 3.63) is 71.3 Å². The molecule has 108 valence electrons. The molecule has 21 heavy (non-hydrogen) atoms. The first-order chi connectivity index (χ1) is 10.1. The molecule has 2 aromatic rings. The Labute approximate surface area is 123 Å².